The van der Waals surface area contributed by atoms with Gasteiger partial charge in [-0.3, -0.25) is 9.59 Å². The molecular formula is C49H70N2O11S. The van der Waals surface area contributed by atoms with E-state index in [0.29, 0.717) is 18.9 Å². The Labute approximate surface area is 377 Å². The molecule has 3 aliphatic carbocycles. The van der Waals surface area contributed by atoms with Crippen LogP contribution in [-0.2, 0) is 47.5 Å². The Balaban J connectivity index is 1.14. The third kappa shape index (κ3) is 9.32. The van der Waals surface area contributed by atoms with E-state index in [1.165, 1.54) is 0 Å². The second-order valence-corrected chi connectivity index (χ2v) is 20.0. The van der Waals surface area contributed by atoms with Gasteiger partial charge in [0, 0.05) is 61.5 Å². The number of hydrogen-bond acceptors (Lipinski definition) is 14. The lowest BCUT2D eigenvalue weighted by Crippen LogP contribution is -2.59. The van der Waals surface area contributed by atoms with Gasteiger partial charge in [0.2, 0.25) is 0 Å². The third-order valence-electron chi connectivity index (χ3n) is 15.2. The van der Waals surface area contributed by atoms with Crippen LogP contribution in [0, 0.1) is 23.7 Å². The van der Waals surface area contributed by atoms with Gasteiger partial charge < -0.3 is 47.5 Å². The molecule has 14 heteroatoms. The van der Waals surface area contributed by atoms with Gasteiger partial charge in [0.1, 0.15) is 35.2 Å². The van der Waals surface area contributed by atoms with E-state index in [4.69, 9.17) is 47.6 Å². The van der Waals surface area contributed by atoms with Crippen molar-refractivity contribution in [2.45, 2.75) is 165 Å². The van der Waals surface area contributed by atoms with Crippen molar-refractivity contribution in [2.75, 3.05) is 42.5 Å². The fourth-order valence-corrected chi connectivity index (χ4v) is 13.3. The van der Waals surface area contributed by atoms with Crippen molar-refractivity contribution in [3.63, 3.8) is 0 Å². The Hall–Kier alpha value is -2.79. The van der Waals surface area contributed by atoms with Crippen LogP contribution in [0.3, 0.4) is 0 Å². The number of rotatable bonds is 11. The number of methoxy groups -OCH3 is 4. The predicted molar refractivity (Wildman–Crippen MR) is 238 cm³/mol. The summed E-state index contributed by atoms with van der Waals surface area (Å²) in [6.07, 6.45) is 5.15. The zero-order chi connectivity index (χ0) is 44.7. The van der Waals surface area contributed by atoms with Crippen molar-refractivity contribution in [3.8, 4) is 16.3 Å². The van der Waals surface area contributed by atoms with E-state index in [2.05, 4.69) is 38.9 Å². The number of ether oxygens (including phenoxy) is 9. The van der Waals surface area contributed by atoms with Crippen LogP contribution >= 0.6 is 11.3 Å². The number of esters is 1. The minimum atomic E-state index is -0.672. The summed E-state index contributed by atoms with van der Waals surface area (Å²) >= 11 is 1.68. The molecule has 13 nitrogen and oxygen atoms in total. The highest BCUT2D eigenvalue weighted by atomic mass is 32.1. The van der Waals surface area contributed by atoms with Crippen molar-refractivity contribution >= 4 is 23.1 Å². The largest absolute Gasteiger partial charge is 0.497 e. The van der Waals surface area contributed by atoms with Crippen LogP contribution < -0.4 is 4.74 Å². The minimum Gasteiger partial charge on any atom is -0.497 e. The van der Waals surface area contributed by atoms with E-state index in [9.17, 15) is 4.79 Å². The summed E-state index contributed by atoms with van der Waals surface area (Å²) in [6.45, 7) is 8.17. The zero-order valence-electron chi connectivity index (χ0n) is 38.9. The first kappa shape index (κ1) is 46.7. The van der Waals surface area contributed by atoms with Crippen LogP contribution in [0.1, 0.15) is 108 Å². The average molecular weight is 895 g/mol. The molecule has 1 aromatic carbocycles. The molecule has 0 amide bonds. The molecule has 6 unspecified atom stereocenters. The number of ketones is 1. The number of likely N-dealkylation sites (N-methyl/N-ethyl adjacent to an activating group) is 1. The molecule has 6 aliphatic rings. The topological polar surface area (TPSA) is 133 Å². The van der Waals surface area contributed by atoms with Gasteiger partial charge in [-0.1, -0.05) is 19.9 Å². The van der Waals surface area contributed by atoms with Gasteiger partial charge in [0.25, 0.3) is 0 Å². The fraction of sp³-hybridized carbons (Fsp3) is 0.735. The first-order valence-electron chi connectivity index (χ1n) is 23.3. The second-order valence-electron chi connectivity index (χ2n) is 19.0. The van der Waals surface area contributed by atoms with Crippen LogP contribution in [0.4, 0.5) is 0 Å². The molecule has 63 heavy (non-hydrogen) atoms. The highest BCUT2D eigenvalue weighted by molar-refractivity contribution is 7.15. The Bertz CT molecular complexity index is 1920. The summed E-state index contributed by atoms with van der Waals surface area (Å²) in [5, 5.41) is 0.908. The molecule has 3 saturated heterocycles. The van der Waals surface area contributed by atoms with E-state index in [1.807, 2.05) is 38.1 Å². The summed E-state index contributed by atoms with van der Waals surface area (Å²) in [5.74, 6) is -0.218. The van der Waals surface area contributed by atoms with Gasteiger partial charge in [-0.25, -0.2) is 4.98 Å². The number of carbonyl (C=O) groups excluding carboxylic acids is 2. The number of aromatic nitrogens is 1. The van der Waals surface area contributed by atoms with Gasteiger partial charge >= 0.3 is 5.97 Å². The normalized spacial score (nSPS) is 39.6. The van der Waals surface area contributed by atoms with E-state index in [-0.39, 0.29) is 96.8 Å². The monoisotopic (exact) mass is 894 g/mol. The van der Waals surface area contributed by atoms with Gasteiger partial charge in [-0.05, 0) is 121 Å². The van der Waals surface area contributed by atoms with Gasteiger partial charge in [0.15, 0.2) is 18.4 Å². The Morgan fingerprint density at radius 2 is 1.59 bits per heavy atom. The van der Waals surface area contributed by atoms with Crippen LogP contribution in [0.25, 0.3) is 10.6 Å². The second kappa shape index (κ2) is 20.0. The highest BCUT2D eigenvalue weighted by Gasteiger charge is 2.57. The van der Waals surface area contributed by atoms with E-state index >= 15 is 4.79 Å². The quantitative estimate of drug-likeness (QED) is 0.204. The van der Waals surface area contributed by atoms with E-state index < -0.39 is 18.3 Å². The lowest BCUT2D eigenvalue weighted by molar-refractivity contribution is -0.314. The smallest absolute Gasteiger partial charge is 0.306 e. The molecule has 4 heterocycles. The summed E-state index contributed by atoms with van der Waals surface area (Å²) < 4.78 is 56.1. The first-order chi connectivity index (χ1) is 30.4. The van der Waals surface area contributed by atoms with E-state index in [0.717, 1.165) is 71.0 Å². The number of thiazole rings is 1. The maximum absolute atomic E-state index is 15.3. The van der Waals surface area contributed by atoms with Gasteiger partial charge in [-0.2, -0.15) is 0 Å². The fourth-order valence-electron chi connectivity index (χ4n) is 11.9. The lowest BCUT2D eigenvalue weighted by Gasteiger charge is -2.44. The molecule has 0 radical (unpaired) electrons. The number of carbonyl (C=O) groups is 2. The maximum atomic E-state index is 15.3. The number of fused-ring (bicyclic) bond motifs is 8. The minimum absolute atomic E-state index is 0.00523. The SMILES string of the molecule is CC[C@H]1CCC[C@H](O[C@H]2CC[C@H](N(C)C)C(C)O2)[C@@H](C)C(=O)C2=C[C@H]3[C@@H]4C[C@H](OC5OC(C)C(OC)C(OC)C5OC)C[C@H]4c4nc(-c5ccc(OC)cc5)sc4[C@H]3[C@@H]2CC(=O)O1. The van der Waals surface area contributed by atoms with Crippen molar-refractivity contribution < 1.29 is 52.2 Å². The van der Waals surface area contributed by atoms with Crippen LogP contribution in [0.2, 0.25) is 0 Å². The van der Waals surface area contributed by atoms with Crippen LogP contribution in [0.5, 0.6) is 5.75 Å². The van der Waals surface area contributed by atoms with E-state index in [1.54, 1.807) is 39.8 Å². The summed E-state index contributed by atoms with van der Waals surface area (Å²) in [7, 11) is 10.8. The molecule has 0 spiro atoms. The number of hydrogen-bond donors (Lipinski definition) is 0. The maximum Gasteiger partial charge on any atom is 0.306 e. The lowest BCUT2D eigenvalue weighted by atomic mass is 9.67. The third-order valence-corrected chi connectivity index (χ3v) is 16.5. The number of nitrogens with zero attached hydrogens (tertiary/aromatic N) is 2. The van der Waals surface area contributed by atoms with Crippen LogP contribution in [-0.4, -0.2) is 132 Å². The Morgan fingerprint density at radius 1 is 0.841 bits per heavy atom. The standard InChI is InChI=1S/C49H70N2O11S/c1-11-29-13-12-14-38(62-40-20-19-37(51(5)6)26(3)58-40)25(2)43(53)36-23-33-32-21-31(61-49-46(57-10)45(56-9)44(55-8)27(4)59-49)22-35(32)42-47(41(33)34(36)24-39(52)60-29)63-48(50-42)28-15-17-30(54-7)18-16-28/h15-18,23,25-27,29,31-35,37-38,40-41,44-46,49H,11-14,19-22,24H2,1-10H3/t25-,26?,27?,29+,31+,32+,33+,34-,35-,37+,38+,40+,41-,44?,45?,46?,49?/m1/s1. The van der Waals surface area contributed by atoms with Crippen molar-refractivity contribution in [2.24, 2.45) is 23.7 Å². The summed E-state index contributed by atoms with van der Waals surface area (Å²) in [6, 6.07) is 8.32. The molecule has 2 aromatic rings. The molecule has 0 bridgehead atoms. The average Bonchev–Trinajstić information content (AvgIpc) is 4.00. The van der Waals surface area contributed by atoms with Crippen molar-refractivity contribution in [1.82, 2.24) is 9.88 Å². The molecule has 1 aromatic heterocycles. The molecular weight excluding hydrogens is 825 g/mol. The zero-order valence-corrected chi connectivity index (χ0v) is 39.7. The predicted octanol–water partition coefficient (Wildman–Crippen LogP) is 7.70. The molecule has 0 N–H and O–H groups in total. The first-order valence-corrected chi connectivity index (χ1v) is 24.2. The van der Waals surface area contributed by atoms with Gasteiger partial charge in [0.05, 0.1) is 43.6 Å². The molecule has 3 aliphatic heterocycles. The number of allylic oxidation sites excluding steroid dienone is 2. The molecule has 17 atom stereocenters. The van der Waals surface area contributed by atoms with Crippen molar-refractivity contribution in [3.05, 3.63) is 46.5 Å². The van der Waals surface area contributed by atoms with Gasteiger partial charge in [-0.15, -0.1) is 11.3 Å². The molecule has 4 fully saturated rings. The number of cyclic esters (lactones) is 1. The highest BCUT2D eigenvalue weighted by Crippen LogP contribution is 2.63. The number of benzene rings is 1. The summed E-state index contributed by atoms with van der Waals surface area (Å²) in [4.78, 5) is 38.1. The molecule has 348 valence electrons. The van der Waals surface area contributed by atoms with Crippen LogP contribution in [0.15, 0.2) is 35.9 Å². The Kier molecular flexibility index (Phi) is 14.8. The van der Waals surface area contributed by atoms with Crippen molar-refractivity contribution in [1.29, 1.82) is 0 Å². The Morgan fingerprint density at radius 3 is 2.25 bits per heavy atom. The molecule has 8 rings (SSSR count). The summed E-state index contributed by atoms with van der Waals surface area (Å²) in [5.41, 5.74) is 2.76. The number of Topliss-reactive ketones (excluding diaryl/α,β-unsaturated/α-hetero) is 1. The molecule has 1 saturated carbocycles.